The van der Waals surface area contributed by atoms with Gasteiger partial charge in [-0.2, -0.15) is 0 Å². The molecule has 0 fully saturated rings. The van der Waals surface area contributed by atoms with Crippen molar-refractivity contribution in [1.29, 1.82) is 0 Å². The summed E-state index contributed by atoms with van der Waals surface area (Å²) in [6.45, 7) is 16.4. The molecule has 0 bridgehead atoms. The van der Waals surface area contributed by atoms with Crippen LogP contribution in [0.15, 0.2) is 0 Å². The Labute approximate surface area is 107 Å². The molecule has 17 heavy (non-hydrogen) atoms. The van der Waals surface area contributed by atoms with Crippen LogP contribution in [0.3, 0.4) is 0 Å². The summed E-state index contributed by atoms with van der Waals surface area (Å²) in [5.74, 6) is 0.355. The molecule has 102 valence electrons. The average Bonchev–Trinajstić information content (AvgIpc) is 2.38. The van der Waals surface area contributed by atoms with Crippen molar-refractivity contribution in [2.45, 2.75) is 47.5 Å². The minimum absolute atomic E-state index is 0.151. The summed E-state index contributed by atoms with van der Waals surface area (Å²) in [5.41, 5.74) is 0. The number of hydrogen-bond acceptors (Lipinski definition) is 1. The summed E-state index contributed by atoms with van der Waals surface area (Å²) in [5, 5.41) is 3.03. The van der Waals surface area contributed by atoms with Gasteiger partial charge in [-0.15, -0.1) is 0 Å². The predicted molar refractivity (Wildman–Crippen MR) is 73.8 cm³/mol. The van der Waals surface area contributed by atoms with Gasteiger partial charge in [0, 0.05) is 18.9 Å². The van der Waals surface area contributed by atoms with Crippen LogP contribution in [0, 0.1) is 5.92 Å². The van der Waals surface area contributed by atoms with Crippen LogP contribution in [0.1, 0.15) is 47.5 Å². The monoisotopic (exact) mass is 243 g/mol. The van der Waals surface area contributed by atoms with Crippen molar-refractivity contribution in [3.05, 3.63) is 0 Å². The molecule has 0 aromatic carbocycles. The second-order valence-corrected chi connectivity index (χ2v) is 4.97. The number of nitrogens with one attached hydrogen (secondary N) is 1. The lowest BCUT2D eigenvalue weighted by atomic mass is 10.1. The number of hydrogen-bond donors (Lipinski definition) is 1. The van der Waals surface area contributed by atoms with Gasteiger partial charge in [-0.05, 0) is 27.2 Å². The van der Waals surface area contributed by atoms with E-state index in [9.17, 15) is 4.79 Å². The fraction of sp³-hybridized carbons (Fsp3) is 0.929. The molecular formula is C14H31N2O+. The molecule has 3 heteroatoms. The lowest BCUT2D eigenvalue weighted by Crippen LogP contribution is -2.49. The van der Waals surface area contributed by atoms with Gasteiger partial charge < -0.3 is 9.80 Å². The van der Waals surface area contributed by atoms with E-state index in [2.05, 4.69) is 33.0 Å². The van der Waals surface area contributed by atoms with Gasteiger partial charge in [0.1, 0.15) is 0 Å². The fourth-order valence-electron chi connectivity index (χ4n) is 2.13. The van der Waals surface area contributed by atoms with Gasteiger partial charge in [0.05, 0.1) is 26.2 Å². The van der Waals surface area contributed by atoms with Crippen LogP contribution in [0.25, 0.3) is 0 Å². The van der Waals surface area contributed by atoms with E-state index >= 15 is 0 Å². The summed E-state index contributed by atoms with van der Waals surface area (Å²) in [6.07, 6.45) is 2.00. The van der Waals surface area contributed by atoms with E-state index in [1.165, 1.54) is 30.7 Å². The third-order valence-electron chi connectivity index (χ3n) is 4.18. The van der Waals surface area contributed by atoms with Gasteiger partial charge in [0.25, 0.3) is 0 Å². The Bertz CT molecular complexity index is 204. The van der Waals surface area contributed by atoms with Crippen molar-refractivity contribution < 1.29 is 9.28 Å². The molecule has 0 saturated heterocycles. The molecule has 0 heterocycles. The van der Waals surface area contributed by atoms with Crippen LogP contribution in [0.4, 0.5) is 0 Å². The molecule has 1 amide bonds. The minimum atomic E-state index is 0.151. The van der Waals surface area contributed by atoms with E-state index in [0.29, 0.717) is 0 Å². The second-order valence-electron chi connectivity index (χ2n) is 4.97. The smallest absolute Gasteiger partial charge is 0.222 e. The molecule has 0 aromatic heterocycles. The average molecular weight is 243 g/mol. The number of carbonyl (C=O) groups is 1. The Morgan fingerprint density at radius 2 is 1.65 bits per heavy atom. The van der Waals surface area contributed by atoms with Crippen molar-refractivity contribution in [1.82, 2.24) is 5.32 Å². The maximum absolute atomic E-state index is 11.6. The van der Waals surface area contributed by atoms with Crippen molar-refractivity contribution in [2.24, 2.45) is 5.92 Å². The van der Waals surface area contributed by atoms with Crippen molar-refractivity contribution in [3.8, 4) is 0 Å². The Kier molecular flexibility index (Phi) is 8.23. The summed E-state index contributed by atoms with van der Waals surface area (Å²) in [4.78, 5) is 11.6. The second kappa shape index (κ2) is 8.51. The Morgan fingerprint density at radius 3 is 2.06 bits per heavy atom. The molecule has 3 nitrogen and oxygen atoms in total. The first-order chi connectivity index (χ1) is 8.05. The number of quaternary nitrogens is 1. The molecule has 0 aromatic rings. The standard InChI is InChI=1S/C14H30N2O/c1-6-13(5)14(17)15-11-10-12-16(7-2,8-3)9-4/h13H,6-12H2,1-5H3/p+1. The Morgan fingerprint density at radius 1 is 1.12 bits per heavy atom. The number of amides is 1. The Balaban J connectivity index is 3.87. The van der Waals surface area contributed by atoms with E-state index in [1.54, 1.807) is 0 Å². The quantitative estimate of drug-likeness (QED) is 0.489. The van der Waals surface area contributed by atoms with Crippen molar-refractivity contribution >= 4 is 5.91 Å². The van der Waals surface area contributed by atoms with E-state index in [1.807, 2.05) is 6.92 Å². The van der Waals surface area contributed by atoms with Crippen LogP contribution in [-0.4, -0.2) is 43.1 Å². The van der Waals surface area contributed by atoms with Gasteiger partial charge in [-0.3, -0.25) is 4.79 Å². The third kappa shape index (κ3) is 5.53. The predicted octanol–water partition coefficient (Wildman–Crippen LogP) is 2.42. The lowest BCUT2D eigenvalue weighted by molar-refractivity contribution is -0.923. The molecule has 0 radical (unpaired) electrons. The zero-order valence-electron chi connectivity index (χ0n) is 12.4. The van der Waals surface area contributed by atoms with Crippen LogP contribution in [0.2, 0.25) is 0 Å². The van der Waals surface area contributed by atoms with Gasteiger partial charge in [0.2, 0.25) is 5.91 Å². The highest BCUT2D eigenvalue weighted by Crippen LogP contribution is 2.07. The maximum Gasteiger partial charge on any atom is 0.222 e. The highest BCUT2D eigenvalue weighted by molar-refractivity contribution is 5.78. The van der Waals surface area contributed by atoms with E-state index in [4.69, 9.17) is 0 Å². The van der Waals surface area contributed by atoms with Crippen LogP contribution < -0.4 is 5.32 Å². The van der Waals surface area contributed by atoms with Gasteiger partial charge >= 0.3 is 0 Å². The first-order valence-corrected chi connectivity index (χ1v) is 7.18. The van der Waals surface area contributed by atoms with Crippen molar-refractivity contribution in [2.75, 3.05) is 32.7 Å². The molecule has 0 spiro atoms. The van der Waals surface area contributed by atoms with E-state index in [-0.39, 0.29) is 11.8 Å². The molecule has 0 aliphatic heterocycles. The van der Waals surface area contributed by atoms with Crippen LogP contribution >= 0.6 is 0 Å². The summed E-state index contributed by atoms with van der Waals surface area (Å²) < 4.78 is 1.17. The maximum atomic E-state index is 11.6. The van der Waals surface area contributed by atoms with Gasteiger partial charge in [-0.1, -0.05) is 13.8 Å². The van der Waals surface area contributed by atoms with Gasteiger partial charge in [-0.25, -0.2) is 0 Å². The molecule has 1 unspecified atom stereocenters. The highest BCUT2D eigenvalue weighted by atomic mass is 16.1. The summed E-state index contributed by atoms with van der Waals surface area (Å²) >= 11 is 0. The highest BCUT2D eigenvalue weighted by Gasteiger charge is 2.19. The SMILES string of the molecule is CCC(C)C(=O)NCCC[N+](CC)(CC)CC. The zero-order valence-corrected chi connectivity index (χ0v) is 12.4. The molecular weight excluding hydrogens is 212 g/mol. The van der Waals surface area contributed by atoms with Crippen LogP contribution in [0.5, 0.6) is 0 Å². The summed E-state index contributed by atoms with van der Waals surface area (Å²) in [7, 11) is 0. The number of carbonyl (C=O) groups excluding carboxylic acids is 1. The van der Waals surface area contributed by atoms with E-state index < -0.39 is 0 Å². The normalized spacial score (nSPS) is 13.5. The van der Waals surface area contributed by atoms with Crippen LogP contribution in [-0.2, 0) is 4.79 Å². The van der Waals surface area contributed by atoms with Crippen molar-refractivity contribution in [3.63, 3.8) is 0 Å². The first kappa shape index (κ1) is 16.4. The third-order valence-corrected chi connectivity index (χ3v) is 4.18. The molecule has 0 aliphatic carbocycles. The Hall–Kier alpha value is -0.570. The van der Waals surface area contributed by atoms with Gasteiger partial charge in [0.15, 0.2) is 0 Å². The molecule has 1 atom stereocenters. The molecule has 1 N–H and O–H groups in total. The number of nitrogens with zero attached hydrogens (tertiary/aromatic N) is 1. The molecule has 0 aliphatic rings. The largest absolute Gasteiger partial charge is 0.356 e. The summed E-state index contributed by atoms with van der Waals surface area (Å²) in [6, 6.07) is 0. The molecule has 0 rings (SSSR count). The first-order valence-electron chi connectivity index (χ1n) is 7.18. The lowest BCUT2D eigenvalue weighted by Gasteiger charge is -2.35. The van der Waals surface area contributed by atoms with E-state index in [0.717, 1.165) is 19.4 Å². The minimum Gasteiger partial charge on any atom is -0.356 e. The molecule has 0 saturated carbocycles. The number of rotatable bonds is 9. The fourth-order valence-corrected chi connectivity index (χ4v) is 2.13. The zero-order chi connectivity index (χ0) is 13.3. The topological polar surface area (TPSA) is 29.1 Å².